The lowest BCUT2D eigenvalue weighted by molar-refractivity contribution is -0.154. The Balaban J connectivity index is 1.35. The number of aromatic nitrogens is 3. The van der Waals surface area contributed by atoms with Crippen LogP contribution in [0.5, 0.6) is 5.75 Å². The number of nitrogens with zero attached hydrogens (tertiary/aromatic N) is 5. The molecule has 2 unspecified atom stereocenters. The minimum Gasteiger partial charge on any atom is -0.489 e. The van der Waals surface area contributed by atoms with Crippen LogP contribution in [0.2, 0.25) is 5.02 Å². The largest absolute Gasteiger partial charge is 0.489 e. The molecule has 2 amide bonds. The zero-order valence-electron chi connectivity index (χ0n) is 23.1. The van der Waals surface area contributed by atoms with Gasteiger partial charge in [-0.2, -0.15) is 0 Å². The monoisotopic (exact) mass is 579 g/mol. The van der Waals surface area contributed by atoms with Gasteiger partial charge in [-0.05, 0) is 61.1 Å². The molecule has 10 nitrogen and oxygen atoms in total. The molecule has 0 spiro atoms. The molecule has 1 saturated carbocycles. The van der Waals surface area contributed by atoms with E-state index in [1.54, 1.807) is 9.58 Å². The highest BCUT2D eigenvalue weighted by molar-refractivity contribution is 6.31. The number of hydrogen-bond donors (Lipinski definition) is 1. The molecule has 2 aliphatic heterocycles. The Morgan fingerprint density at radius 2 is 1.88 bits per heavy atom. The molecule has 11 heteroatoms. The van der Waals surface area contributed by atoms with E-state index in [1.165, 1.54) is 0 Å². The SMILES string of the molecule is Cn1nnc2cc(COc3ccc(Cl)c4c3[C@@H](CN3CCCC3=O)N(C(=O)C3CCCCC3C(=O)O)CC4)ccc21. The lowest BCUT2D eigenvalue weighted by Crippen LogP contribution is -2.50. The average molecular weight is 580 g/mol. The quantitative estimate of drug-likeness (QED) is 0.447. The first-order valence-corrected chi connectivity index (χ1v) is 14.7. The van der Waals surface area contributed by atoms with Gasteiger partial charge >= 0.3 is 5.97 Å². The molecule has 41 heavy (non-hydrogen) atoms. The van der Waals surface area contributed by atoms with Gasteiger partial charge in [0.15, 0.2) is 0 Å². The van der Waals surface area contributed by atoms with E-state index in [9.17, 15) is 19.5 Å². The van der Waals surface area contributed by atoms with Crippen molar-refractivity contribution in [3.05, 3.63) is 52.0 Å². The van der Waals surface area contributed by atoms with Crippen LogP contribution >= 0.6 is 11.6 Å². The third-order valence-corrected chi connectivity index (χ3v) is 9.24. The minimum absolute atomic E-state index is 0.0624. The van der Waals surface area contributed by atoms with E-state index in [2.05, 4.69) is 10.3 Å². The smallest absolute Gasteiger partial charge is 0.307 e. The van der Waals surface area contributed by atoms with E-state index in [0.29, 0.717) is 56.1 Å². The summed E-state index contributed by atoms with van der Waals surface area (Å²) < 4.78 is 8.12. The van der Waals surface area contributed by atoms with Gasteiger partial charge in [-0.3, -0.25) is 14.4 Å². The number of halogens is 1. The Morgan fingerprint density at radius 3 is 2.63 bits per heavy atom. The molecule has 0 radical (unpaired) electrons. The lowest BCUT2D eigenvalue weighted by atomic mass is 9.77. The number of carboxylic acids is 1. The number of aliphatic carboxylic acids is 1. The lowest BCUT2D eigenvalue weighted by Gasteiger charge is -2.43. The van der Waals surface area contributed by atoms with E-state index >= 15 is 0 Å². The van der Waals surface area contributed by atoms with Crippen LogP contribution in [0.3, 0.4) is 0 Å². The molecule has 0 bridgehead atoms. The van der Waals surface area contributed by atoms with Gasteiger partial charge in [-0.25, -0.2) is 4.68 Å². The number of carboxylic acid groups (broad SMARTS) is 1. The van der Waals surface area contributed by atoms with Gasteiger partial charge in [0.1, 0.15) is 17.9 Å². The zero-order valence-corrected chi connectivity index (χ0v) is 23.8. The van der Waals surface area contributed by atoms with Gasteiger partial charge in [-0.1, -0.05) is 35.7 Å². The summed E-state index contributed by atoms with van der Waals surface area (Å²) in [6.45, 7) is 1.63. The number of aryl methyl sites for hydroxylation is 1. The topological polar surface area (TPSA) is 118 Å². The van der Waals surface area contributed by atoms with Gasteiger partial charge < -0.3 is 19.6 Å². The van der Waals surface area contributed by atoms with Crippen molar-refractivity contribution < 1.29 is 24.2 Å². The van der Waals surface area contributed by atoms with Gasteiger partial charge in [-0.15, -0.1) is 5.10 Å². The maximum Gasteiger partial charge on any atom is 0.307 e. The van der Waals surface area contributed by atoms with Crippen molar-refractivity contribution in [3.63, 3.8) is 0 Å². The molecule has 3 aliphatic rings. The Labute approximate surface area is 243 Å². The second kappa shape index (κ2) is 11.3. The summed E-state index contributed by atoms with van der Waals surface area (Å²) in [4.78, 5) is 42.5. The Hall–Kier alpha value is -3.66. The van der Waals surface area contributed by atoms with Crippen LogP contribution in [0, 0.1) is 11.8 Å². The Kier molecular flexibility index (Phi) is 7.59. The van der Waals surface area contributed by atoms with Crippen molar-refractivity contribution in [2.24, 2.45) is 18.9 Å². The molecular weight excluding hydrogens is 546 g/mol. The van der Waals surface area contributed by atoms with E-state index in [0.717, 1.165) is 47.0 Å². The molecule has 3 atom stereocenters. The highest BCUT2D eigenvalue weighted by atomic mass is 35.5. The van der Waals surface area contributed by atoms with Crippen molar-refractivity contribution in [1.82, 2.24) is 24.8 Å². The molecule has 3 aromatic rings. The maximum atomic E-state index is 14.1. The van der Waals surface area contributed by atoms with Crippen molar-refractivity contribution in [1.29, 1.82) is 0 Å². The maximum absolute atomic E-state index is 14.1. The molecule has 3 heterocycles. The molecule has 1 N–H and O–H groups in total. The van der Waals surface area contributed by atoms with Crippen molar-refractivity contribution in [3.8, 4) is 5.75 Å². The number of rotatable bonds is 7. The summed E-state index contributed by atoms with van der Waals surface area (Å²) in [6.07, 6.45) is 4.48. The minimum atomic E-state index is -0.918. The number of carbonyl (C=O) groups excluding carboxylic acids is 2. The number of ether oxygens (including phenoxy) is 1. The molecule has 216 valence electrons. The zero-order chi connectivity index (χ0) is 28.7. The fraction of sp³-hybridized carbons (Fsp3) is 0.500. The first-order valence-electron chi connectivity index (χ1n) is 14.3. The summed E-state index contributed by atoms with van der Waals surface area (Å²) in [5.74, 6) is -1.68. The van der Waals surface area contributed by atoms with Crippen molar-refractivity contribution >= 4 is 40.4 Å². The standard InChI is InChI=1S/C30H34ClN5O5/c1-34-24-10-8-18(15-23(24)32-33-34)17-41-26-11-9-22(31)21-12-14-36(25(28(21)26)16-35-13-4-7-27(35)37)29(38)19-5-2-3-6-20(19)30(39)40/h8-11,15,19-20,25H,2-7,12-14,16-17H2,1H3,(H,39,40)/t19?,20?,25-/m1/s1. The molecule has 1 saturated heterocycles. The van der Waals surface area contributed by atoms with Crippen molar-refractivity contribution in [2.45, 2.75) is 57.6 Å². The summed E-state index contributed by atoms with van der Waals surface area (Å²) in [5.41, 5.74) is 4.33. The average Bonchev–Trinajstić information content (AvgIpc) is 3.56. The molecule has 1 aromatic heterocycles. The fourth-order valence-electron chi connectivity index (χ4n) is 6.74. The number of carbonyl (C=O) groups is 3. The summed E-state index contributed by atoms with van der Waals surface area (Å²) in [6, 6.07) is 9.03. The Morgan fingerprint density at radius 1 is 1.07 bits per heavy atom. The number of hydrogen-bond acceptors (Lipinski definition) is 6. The van der Waals surface area contributed by atoms with Crippen LogP contribution < -0.4 is 4.74 Å². The fourth-order valence-corrected chi connectivity index (χ4v) is 7.00. The predicted octanol–water partition coefficient (Wildman–Crippen LogP) is 4.14. The first kappa shape index (κ1) is 27.5. The number of likely N-dealkylation sites (tertiary alicyclic amines) is 1. The van der Waals surface area contributed by atoms with Gasteiger partial charge in [0, 0.05) is 43.7 Å². The highest BCUT2D eigenvalue weighted by Crippen LogP contribution is 2.43. The van der Waals surface area contributed by atoms with Crippen LogP contribution in [0.4, 0.5) is 0 Å². The summed E-state index contributed by atoms with van der Waals surface area (Å²) >= 11 is 6.72. The molecular formula is C30H34ClN5O5. The van der Waals surface area contributed by atoms with Crippen molar-refractivity contribution in [2.75, 3.05) is 19.6 Å². The molecule has 2 fully saturated rings. The molecule has 6 rings (SSSR count). The van der Waals surface area contributed by atoms with E-state index < -0.39 is 23.8 Å². The van der Waals surface area contributed by atoms with Crippen LogP contribution in [-0.4, -0.2) is 67.3 Å². The van der Waals surface area contributed by atoms with Gasteiger partial charge in [0.25, 0.3) is 0 Å². The summed E-state index contributed by atoms with van der Waals surface area (Å²) in [5, 5.41) is 18.8. The number of fused-ring (bicyclic) bond motifs is 2. The van der Waals surface area contributed by atoms with Crippen LogP contribution in [-0.2, 0) is 34.5 Å². The van der Waals surface area contributed by atoms with E-state index in [1.807, 2.05) is 42.3 Å². The molecule has 2 aromatic carbocycles. The second-order valence-corrected chi connectivity index (χ2v) is 11.7. The Bertz CT molecular complexity index is 1510. The van der Waals surface area contributed by atoms with Gasteiger partial charge in [0.05, 0.1) is 23.4 Å². The second-order valence-electron chi connectivity index (χ2n) is 11.3. The predicted molar refractivity (Wildman–Crippen MR) is 151 cm³/mol. The third kappa shape index (κ3) is 5.25. The van der Waals surface area contributed by atoms with Crippen LogP contribution in [0.15, 0.2) is 30.3 Å². The summed E-state index contributed by atoms with van der Waals surface area (Å²) in [7, 11) is 1.84. The van der Waals surface area contributed by atoms with Crippen LogP contribution in [0.25, 0.3) is 11.0 Å². The van der Waals surface area contributed by atoms with Crippen LogP contribution in [0.1, 0.15) is 61.3 Å². The number of amides is 2. The van der Waals surface area contributed by atoms with E-state index in [-0.39, 0.29) is 18.4 Å². The van der Waals surface area contributed by atoms with E-state index in [4.69, 9.17) is 16.3 Å². The molecule has 1 aliphatic carbocycles. The van der Waals surface area contributed by atoms with Gasteiger partial charge in [0.2, 0.25) is 11.8 Å². The third-order valence-electron chi connectivity index (χ3n) is 8.89. The first-order chi connectivity index (χ1) is 19.8. The highest BCUT2D eigenvalue weighted by Gasteiger charge is 2.43. The normalized spacial score (nSPS) is 22.7. The number of benzene rings is 2.